The van der Waals surface area contributed by atoms with Crippen molar-refractivity contribution in [3.05, 3.63) is 59.2 Å². The third-order valence-electron chi connectivity index (χ3n) is 5.11. The van der Waals surface area contributed by atoms with Gasteiger partial charge in [0.1, 0.15) is 11.5 Å². The van der Waals surface area contributed by atoms with Gasteiger partial charge in [0.2, 0.25) is 0 Å². The average molecular weight is 422 g/mol. The van der Waals surface area contributed by atoms with Crippen molar-refractivity contribution >= 4 is 5.78 Å². The van der Waals surface area contributed by atoms with Crippen LogP contribution in [0.2, 0.25) is 0 Å². The highest BCUT2D eigenvalue weighted by molar-refractivity contribution is 5.94. The fraction of sp³-hybridized carbons (Fsp3) is 0.409. The van der Waals surface area contributed by atoms with Crippen LogP contribution in [0.25, 0.3) is 0 Å². The molecule has 0 aliphatic carbocycles. The number of carbonyl (C=O) groups excluding carboxylic acids is 1. The van der Waals surface area contributed by atoms with Gasteiger partial charge in [-0.05, 0) is 42.8 Å². The van der Waals surface area contributed by atoms with Crippen LogP contribution >= 0.6 is 0 Å². The normalized spacial score (nSPS) is 15.8. The molecule has 162 valence electrons. The smallest absolute Gasteiger partial charge is 0.496 e. The Morgan fingerprint density at radius 2 is 1.57 bits per heavy atom. The Hall–Kier alpha value is -2.58. The first kappa shape index (κ1) is 22.1. The fourth-order valence-electron chi connectivity index (χ4n) is 3.52. The first-order valence-electron chi connectivity index (χ1n) is 9.71. The molecule has 0 spiro atoms. The standard InChI is InChI=1S/C22H25F3N2O3/c1-16(28)18-5-8-21(29-2)19(13-18)15-27-11-9-26(10-12-27)14-17-3-6-20(7-4-17)30-22(23,24)25/h3-8,13H,9-12,14-15H2,1-2H3. The fourth-order valence-corrected chi connectivity index (χ4v) is 3.52. The van der Waals surface area contributed by atoms with Crippen molar-refractivity contribution in [3.8, 4) is 11.5 Å². The van der Waals surface area contributed by atoms with Crippen LogP contribution in [0, 0.1) is 0 Å². The predicted octanol–water partition coefficient (Wildman–Crippen LogP) is 4.11. The Morgan fingerprint density at radius 1 is 0.967 bits per heavy atom. The topological polar surface area (TPSA) is 42.0 Å². The van der Waals surface area contributed by atoms with E-state index < -0.39 is 6.36 Å². The zero-order valence-corrected chi connectivity index (χ0v) is 17.0. The summed E-state index contributed by atoms with van der Waals surface area (Å²) in [6.07, 6.45) is -4.68. The number of carbonyl (C=O) groups is 1. The number of alkyl halides is 3. The van der Waals surface area contributed by atoms with E-state index >= 15 is 0 Å². The Bertz CT molecular complexity index is 861. The van der Waals surface area contributed by atoms with E-state index in [2.05, 4.69) is 14.5 Å². The van der Waals surface area contributed by atoms with E-state index in [1.54, 1.807) is 32.2 Å². The minimum absolute atomic E-state index is 0.0235. The molecule has 0 atom stereocenters. The Labute approximate surface area is 174 Å². The molecule has 0 N–H and O–H groups in total. The van der Waals surface area contributed by atoms with Gasteiger partial charge in [-0.2, -0.15) is 0 Å². The third kappa shape index (κ3) is 6.21. The molecule has 30 heavy (non-hydrogen) atoms. The molecule has 1 aliphatic heterocycles. The molecule has 1 saturated heterocycles. The number of piperazine rings is 1. The number of methoxy groups -OCH3 is 1. The van der Waals surface area contributed by atoms with Crippen LogP contribution in [-0.4, -0.2) is 55.2 Å². The summed E-state index contributed by atoms with van der Waals surface area (Å²) in [7, 11) is 1.62. The number of hydrogen-bond acceptors (Lipinski definition) is 5. The molecule has 3 rings (SSSR count). The van der Waals surface area contributed by atoms with Crippen molar-refractivity contribution in [2.45, 2.75) is 26.4 Å². The molecule has 5 nitrogen and oxygen atoms in total. The minimum Gasteiger partial charge on any atom is -0.496 e. The van der Waals surface area contributed by atoms with Gasteiger partial charge in [-0.15, -0.1) is 13.2 Å². The minimum atomic E-state index is -4.68. The van der Waals surface area contributed by atoms with E-state index in [4.69, 9.17) is 4.74 Å². The van der Waals surface area contributed by atoms with Crippen LogP contribution in [0.15, 0.2) is 42.5 Å². The molecule has 0 bridgehead atoms. The van der Waals surface area contributed by atoms with Gasteiger partial charge < -0.3 is 9.47 Å². The van der Waals surface area contributed by atoms with Gasteiger partial charge in [0.15, 0.2) is 5.78 Å². The second-order valence-electron chi connectivity index (χ2n) is 7.33. The number of Topliss-reactive ketones (excluding diaryl/α,β-unsaturated/α-hetero) is 1. The largest absolute Gasteiger partial charge is 0.573 e. The maximum atomic E-state index is 12.3. The van der Waals surface area contributed by atoms with E-state index in [1.807, 2.05) is 12.1 Å². The van der Waals surface area contributed by atoms with Crippen molar-refractivity contribution in [2.75, 3.05) is 33.3 Å². The third-order valence-corrected chi connectivity index (χ3v) is 5.11. The van der Waals surface area contributed by atoms with Crippen LogP contribution in [0.4, 0.5) is 13.2 Å². The number of rotatable bonds is 7. The lowest BCUT2D eigenvalue weighted by molar-refractivity contribution is -0.274. The first-order chi connectivity index (χ1) is 14.2. The Balaban J connectivity index is 1.53. The van der Waals surface area contributed by atoms with Gasteiger partial charge >= 0.3 is 6.36 Å². The predicted molar refractivity (Wildman–Crippen MR) is 107 cm³/mol. The molecule has 2 aromatic carbocycles. The quantitative estimate of drug-likeness (QED) is 0.628. The number of benzene rings is 2. The highest BCUT2D eigenvalue weighted by atomic mass is 19.4. The summed E-state index contributed by atoms with van der Waals surface area (Å²) in [5.74, 6) is 0.580. The van der Waals surface area contributed by atoms with Gasteiger partial charge in [-0.1, -0.05) is 12.1 Å². The van der Waals surface area contributed by atoms with Gasteiger partial charge in [-0.3, -0.25) is 14.6 Å². The molecule has 8 heteroatoms. The Kier molecular flexibility index (Phi) is 6.99. The number of ether oxygens (including phenoxy) is 2. The summed E-state index contributed by atoms with van der Waals surface area (Å²) in [5, 5.41) is 0. The SMILES string of the molecule is COc1ccc(C(C)=O)cc1CN1CCN(Cc2ccc(OC(F)(F)F)cc2)CC1. The van der Waals surface area contributed by atoms with Crippen LogP contribution in [0.3, 0.4) is 0 Å². The number of ketones is 1. The van der Waals surface area contributed by atoms with E-state index in [0.29, 0.717) is 18.7 Å². The molecule has 0 unspecified atom stereocenters. The molecule has 1 heterocycles. The first-order valence-corrected chi connectivity index (χ1v) is 9.71. The van der Waals surface area contributed by atoms with Crippen molar-refractivity contribution in [1.82, 2.24) is 9.80 Å². The van der Waals surface area contributed by atoms with E-state index in [9.17, 15) is 18.0 Å². The molecular formula is C22H25F3N2O3. The Morgan fingerprint density at radius 3 is 2.10 bits per heavy atom. The molecule has 0 saturated carbocycles. The lowest BCUT2D eigenvalue weighted by Gasteiger charge is -2.35. The summed E-state index contributed by atoms with van der Waals surface area (Å²) in [4.78, 5) is 16.2. The molecule has 1 fully saturated rings. The summed E-state index contributed by atoms with van der Waals surface area (Å²) >= 11 is 0. The molecular weight excluding hydrogens is 397 g/mol. The van der Waals surface area contributed by atoms with Crippen LogP contribution in [-0.2, 0) is 13.1 Å². The van der Waals surface area contributed by atoms with E-state index in [0.717, 1.165) is 43.1 Å². The van der Waals surface area contributed by atoms with Gasteiger partial charge in [0.05, 0.1) is 7.11 Å². The van der Waals surface area contributed by atoms with Crippen LogP contribution in [0.1, 0.15) is 28.4 Å². The highest BCUT2D eigenvalue weighted by Crippen LogP contribution is 2.24. The monoisotopic (exact) mass is 422 g/mol. The zero-order chi connectivity index (χ0) is 21.7. The number of nitrogens with zero attached hydrogens (tertiary/aromatic N) is 2. The zero-order valence-electron chi connectivity index (χ0n) is 17.0. The second kappa shape index (κ2) is 9.49. The van der Waals surface area contributed by atoms with Gasteiger partial charge in [0, 0.05) is 50.4 Å². The number of halogens is 3. The van der Waals surface area contributed by atoms with Gasteiger partial charge in [-0.25, -0.2) is 0 Å². The molecule has 0 radical (unpaired) electrons. The van der Waals surface area contributed by atoms with Crippen LogP contribution < -0.4 is 9.47 Å². The van der Waals surface area contributed by atoms with E-state index in [-0.39, 0.29) is 11.5 Å². The van der Waals surface area contributed by atoms with Crippen LogP contribution in [0.5, 0.6) is 11.5 Å². The highest BCUT2D eigenvalue weighted by Gasteiger charge is 2.31. The van der Waals surface area contributed by atoms with Crippen molar-refractivity contribution in [2.24, 2.45) is 0 Å². The summed E-state index contributed by atoms with van der Waals surface area (Å²) in [6, 6.07) is 11.5. The number of hydrogen-bond donors (Lipinski definition) is 0. The maximum absolute atomic E-state index is 12.3. The lowest BCUT2D eigenvalue weighted by Crippen LogP contribution is -2.45. The van der Waals surface area contributed by atoms with Crippen molar-refractivity contribution in [3.63, 3.8) is 0 Å². The molecule has 2 aromatic rings. The van der Waals surface area contributed by atoms with Crippen molar-refractivity contribution in [1.29, 1.82) is 0 Å². The molecule has 0 aromatic heterocycles. The van der Waals surface area contributed by atoms with Crippen molar-refractivity contribution < 1.29 is 27.4 Å². The van der Waals surface area contributed by atoms with E-state index in [1.165, 1.54) is 12.1 Å². The maximum Gasteiger partial charge on any atom is 0.573 e. The summed E-state index contributed by atoms with van der Waals surface area (Å²) < 4.78 is 46.1. The van der Waals surface area contributed by atoms with Gasteiger partial charge in [0.25, 0.3) is 0 Å². The summed E-state index contributed by atoms with van der Waals surface area (Å²) in [5.41, 5.74) is 2.59. The average Bonchev–Trinajstić information content (AvgIpc) is 2.70. The molecule has 0 amide bonds. The lowest BCUT2D eigenvalue weighted by atomic mass is 10.1. The second-order valence-corrected chi connectivity index (χ2v) is 7.33. The summed E-state index contributed by atoms with van der Waals surface area (Å²) in [6.45, 7) is 6.30. The molecule has 1 aliphatic rings.